The lowest BCUT2D eigenvalue weighted by atomic mass is 9.97. The molecule has 0 aromatic carbocycles. The van der Waals surface area contributed by atoms with Crippen LogP contribution in [0, 0.1) is 5.92 Å². The van der Waals surface area contributed by atoms with Gasteiger partial charge in [0.2, 0.25) is 0 Å². The smallest absolute Gasteiger partial charge is 0.0814 e. The van der Waals surface area contributed by atoms with Crippen molar-refractivity contribution in [1.29, 1.82) is 0 Å². The zero-order chi connectivity index (χ0) is 9.84. The molecule has 0 spiro atoms. The van der Waals surface area contributed by atoms with Gasteiger partial charge >= 0.3 is 0 Å². The standard InChI is InChI=1S/C10H22N2O/c1-8-3-5-12(6-4-8)9(2)10(13)7-11/h8-10,13H,3-7,11H2,1-2H3. The molecule has 0 aromatic rings. The first-order valence-electron chi connectivity index (χ1n) is 5.27. The zero-order valence-corrected chi connectivity index (χ0v) is 8.74. The van der Waals surface area contributed by atoms with E-state index in [1.54, 1.807) is 0 Å². The predicted octanol–water partition coefficient (Wildman–Crippen LogP) is 0.426. The third kappa shape index (κ3) is 2.93. The fourth-order valence-electron chi connectivity index (χ4n) is 1.88. The Morgan fingerprint density at radius 1 is 1.46 bits per heavy atom. The summed E-state index contributed by atoms with van der Waals surface area (Å²) in [6.45, 7) is 6.95. The molecular weight excluding hydrogens is 164 g/mol. The van der Waals surface area contributed by atoms with E-state index in [0.29, 0.717) is 6.54 Å². The van der Waals surface area contributed by atoms with Crippen LogP contribution >= 0.6 is 0 Å². The maximum atomic E-state index is 9.58. The average molecular weight is 186 g/mol. The first-order valence-corrected chi connectivity index (χ1v) is 5.27. The zero-order valence-electron chi connectivity index (χ0n) is 8.74. The van der Waals surface area contributed by atoms with Crippen molar-refractivity contribution in [2.75, 3.05) is 19.6 Å². The number of aliphatic hydroxyl groups is 1. The molecule has 2 atom stereocenters. The van der Waals surface area contributed by atoms with Crippen molar-refractivity contribution in [3.63, 3.8) is 0 Å². The van der Waals surface area contributed by atoms with Gasteiger partial charge in [0.1, 0.15) is 0 Å². The predicted molar refractivity (Wildman–Crippen MR) is 54.5 cm³/mol. The summed E-state index contributed by atoms with van der Waals surface area (Å²) in [6, 6.07) is 0.220. The molecule has 0 saturated carbocycles. The Kier molecular flexibility index (Phi) is 4.16. The summed E-state index contributed by atoms with van der Waals surface area (Å²) in [4.78, 5) is 2.34. The molecule has 13 heavy (non-hydrogen) atoms. The first kappa shape index (κ1) is 11.0. The molecule has 3 nitrogen and oxygen atoms in total. The minimum absolute atomic E-state index is 0.220. The van der Waals surface area contributed by atoms with Crippen molar-refractivity contribution in [3.05, 3.63) is 0 Å². The highest BCUT2D eigenvalue weighted by Crippen LogP contribution is 2.18. The Morgan fingerprint density at radius 3 is 2.46 bits per heavy atom. The summed E-state index contributed by atoms with van der Waals surface area (Å²) in [5.74, 6) is 0.846. The number of hydrogen-bond acceptors (Lipinski definition) is 3. The third-order valence-corrected chi connectivity index (χ3v) is 3.19. The Bertz CT molecular complexity index is 144. The van der Waals surface area contributed by atoms with E-state index < -0.39 is 0 Å². The van der Waals surface area contributed by atoms with Crippen molar-refractivity contribution in [1.82, 2.24) is 4.90 Å². The van der Waals surface area contributed by atoms with Crippen molar-refractivity contribution in [3.8, 4) is 0 Å². The molecule has 0 amide bonds. The monoisotopic (exact) mass is 186 g/mol. The Balaban J connectivity index is 2.35. The molecule has 1 rings (SSSR count). The summed E-state index contributed by atoms with van der Waals surface area (Å²) < 4.78 is 0. The molecule has 0 radical (unpaired) electrons. The summed E-state index contributed by atoms with van der Waals surface area (Å²) in [7, 11) is 0. The quantitative estimate of drug-likeness (QED) is 0.672. The molecule has 0 aliphatic carbocycles. The number of piperidine rings is 1. The van der Waals surface area contributed by atoms with Crippen LogP contribution in [0.4, 0.5) is 0 Å². The van der Waals surface area contributed by atoms with Gasteiger partial charge in [-0.05, 0) is 38.8 Å². The summed E-state index contributed by atoms with van der Waals surface area (Å²) in [6.07, 6.45) is 2.14. The van der Waals surface area contributed by atoms with Gasteiger partial charge in [0.15, 0.2) is 0 Å². The van der Waals surface area contributed by atoms with E-state index in [-0.39, 0.29) is 12.1 Å². The van der Waals surface area contributed by atoms with Crippen LogP contribution in [-0.2, 0) is 0 Å². The Hall–Kier alpha value is -0.120. The third-order valence-electron chi connectivity index (χ3n) is 3.19. The lowest BCUT2D eigenvalue weighted by Gasteiger charge is -2.36. The number of aliphatic hydroxyl groups excluding tert-OH is 1. The van der Waals surface area contributed by atoms with Gasteiger partial charge in [0.05, 0.1) is 6.10 Å². The summed E-state index contributed by atoms with van der Waals surface area (Å²) >= 11 is 0. The van der Waals surface area contributed by atoms with Crippen LogP contribution in [0.25, 0.3) is 0 Å². The lowest BCUT2D eigenvalue weighted by Crippen LogP contribution is -2.47. The lowest BCUT2D eigenvalue weighted by molar-refractivity contribution is 0.0447. The summed E-state index contributed by atoms with van der Waals surface area (Å²) in [5.41, 5.74) is 5.43. The number of nitrogens with zero attached hydrogens (tertiary/aromatic N) is 1. The largest absolute Gasteiger partial charge is 0.390 e. The number of hydrogen-bond donors (Lipinski definition) is 2. The molecule has 78 valence electrons. The van der Waals surface area contributed by atoms with Crippen LogP contribution in [0.15, 0.2) is 0 Å². The van der Waals surface area contributed by atoms with E-state index in [1.807, 2.05) is 0 Å². The summed E-state index contributed by atoms with van der Waals surface area (Å²) in [5, 5.41) is 9.58. The second kappa shape index (κ2) is 4.94. The SMILES string of the molecule is CC1CCN(C(C)C(O)CN)CC1. The Morgan fingerprint density at radius 2 is 2.00 bits per heavy atom. The second-order valence-corrected chi connectivity index (χ2v) is 4.26. The van der Waals surface area contributed by atoms with Crippen LogP contribution in [-0.4, -0.2) is 41.8 Å². The molecule has 1 aliphatic rings. The molecule has 0 aromatic heterocycles. The molecule has 2 unspecified atom stereocenters. The molecular formula is C10H22N2O. The highest BCUT2D eigenvalue weighted by atomic mass is 16.3. The first-order chi connectivity index (χ1) is 6.15. The Labute approximate surface area is 80.9 Å². The number of likely N-dealkylation sites (tertiary alicyclic amines) is 1. The average Bonchev–Trinajstić information content (AvgIpc) is 2.17. The van der Waals surface area contributed by atoms with Gasteiger partial charge in [0.25, 0.3) is 0 Å². The van der Waals surface area contributed by atoms with Gasteiger partial charge in [-0.2, -0.15) is 0 Å². The van der Waals surface area contributed by atoms with Crippen LogP contribution in [0.1, 0.15) is 26.7 Å². The molecule has 3 N–H and O–H groups in total. The van der Waals surface area contributed by atoms with Crippen LogP contribution in [0.2, 0.25) is 0 Å². The second-order valence-electron chi connectivity index (χ2n) is 4.26. The molecule has 3 heteroatoms. The van der Waals surface area contributed by atoms with E-state index >= 15 is 0 Å². The van der Waals surface area contributed by atoms with Crippen LogP contribution in [0.5, 0.6) is 0 Å². The van der Waals surface area contributed by atoms with Gasteiger partial charge in [0, 0.05) is 12.6 Å². The van der Waals surface area contributed by atoms with Crippen molar-refractivity contribution in [2.45, 2.75) is 38.8 Å². The maximum Gasteiger partial charge on any atom is 0.0814 e. The fourth-order valence-corrected chi connectivity index (χ4v) is 1.88. The topological polar surface area (TPSA) is 49.5 Å². The van der Waals surface area contributed by atoms with E-state index in [0.717, 1.165) is 19.0 Å². The number of rotatable bonds is 3. The molecule has 1 saturated heterocycles. The van der Waals surface area contributed by atoms with Crippen molar-refractivity contribution < 1.29 is 5.11 Å². The number of nitrogens with two attached hydrogens (primary N) is 1. The van der Waals surface area contributed by atoms with E-state index in [4.69, 9.17) is 5.73 Å². The van der Waals surface area contributed by atoms with Crippen LogP contribution in [0.3, 0.4) is 0 Å². The van der Waals surface area contributed by atoms with E-state index in [2.05, 4.69) is 18.7 Å². The minimum atomic E-state index is -0.367. The molecule has 1 aliphatic heterocycles. The highest BCUT2D eigenvalue weighted by Gasteiger charge is 2.24. The van der Waals surface area contributed by atoms with Crippen LogP contribution < -0.4 is 5.73 Å². The molecule has 0 bridgehead atoms. The van der Waals surface area contributed by atoms with Crippen molar-refractivity contribution in [2.24, 2.45) is 11.7 Å². The normalized spacial score (nSPS) is 25.8. The maximum absolute atomic E-state index is 9.58. The van der Waals surface area contributed by atoms with Gasteiger partial charge in [-0.1, -0.05) is 6.92 Å². The van der Waals surface area contributed by atoms with Crippen molar-refractivity contribution >= 4 is 0 Å². The van der Waals surface area contributed by atoms with Gasteiger partial charge in [-0.15, -0.1) is 0 Å². The highest BCUT2D eigenvalue weighted by molar-refractivity contribution is 4.79. The van der Waals surface area contributed by atoms with E-state index in [1.165, 1.54) is 12.8 Å². The van der Waals surface area contributed by atoms with Gasteiger partial charge in [-0.3, -0.25) is 4.90 Å². The van der Waals surface area contributed by atoms with Gasteiger partial charge < -0.3 is 10.8 Å². The minimum Gasteiger partial charge on any atom is -0.390 e. The molecule has 1 fully saturated rings. The molecule has 1 heterocycles. The van der Waals surface area contributed by atoms with Gasteiger partial charge in [-0.25, -0.2) is 0 Å². The fraction of sp³-hybridized carbons (Fsp3) is 1.00. The van der Waals surface area contributed by atoms with E-state index in [9.17, 15) is 5.11 Å².